The molecule has 2 rings (SSSR count). The molecule has 5 nitrogen and oxygen atoms in total. The maximum atomic E-state index is 11.7. The van der Waals surface area contributed by atoms with Gasteiger partial charge in [0, 0.05) is 13.1 Å². The van der Waals surface area contributed by atoms with Crippen molar-refractivity contribution in [1.29, 1.82) is 0 Å². The number of aromatic nitrogens is 2. The highest BCUT2D eigenvalue weighted by Crippen LogP contribution is 2.24. The summed E-state index contributed by atoms with van der Waals surface area (Å²) in [6.07, 6.45) is 3.82. The minimum Gasteiger partial charge on any atom is -0.350 e. The minimum atomic E-state index is -0.124. The van der Waals surface area contributed by atoms with Crippen LogP contribution in [0.5, 0.6) is 0 Å². The molecule has 0 radical (unpaired) electrons. The number of halogens is 1. The van der Waals surface area contributed by atoms with Crippen LogP contribution in [0.1, 0.15) is 30.3 Å². The van der Waals surface area contributed by atoms with E-state index in [0.29, 0.717) is 12.2 Å². The largest absolute Gasteiger partial charge is 0.350 e. The van der Waals surface area contributed by atoms with Crippen LogP contribution in [0.2, 0.25) is 0 Å². The number of hydrogen-bond donors (Lipinski definition) is 2. The third kappa shape index (κ3) is 3.90. The molecule has 1 aliphatic rings. The van der Waals surface area contributed by atoms with Gasteiger partial charge in [0.15, 0.2) is 5.69 Å². The molecule has 1 aromatic rings. The predicted octanol–water partition coefficient (Wildman–Crippen LogP) is 1.08. The zero-order chi connectivity index (χ0) is 11.4. The van der Waals surface area contributed by atoms with Crippen molar-refractivity contribution in [1.82, 2.24) is 19.4 Å². The van der Waals surface area contributed by atoms with Crippen LogP contribution in [-0.4, -0.2) is 34.3 Å². The summed E-state index contributed by atoms with van der Waals surface area (Å²) in [5.41, 5.74) is 0.578. The number of nitrogens with one attached hydrogen (secondary N) is 2. The van der Waals surface area contributed by atoms with Gasteiger partial charge in [-0.3, -0.25) is 4.79 Å². The van der Waals surface area contributed by atoms with Crippen LogP contribution in [0.4, 0.5) is 0 Å². The molecule has 1 fully saturated rings. The lowest BCUT2D eigenvalue weighted by Gasteiger charge is -2.34. The fourth-order valence-electron chi connectivity index (χ4n) is 1.92. The molecule has 2 N–H and O–H groups in total. The van der Waals surface area contributed by atoms with Crippen LogP contribution in [0.15, 0.2) is 6.20 Å². The maximum Gasteiger partial charge on any atom is 0.272 e. The molecule has 1 unspecified atom stereocenters. The van der Waals surface area contributed by atoms with Gasteiger partial charge in [-0.1, -0.05) is 6.92 Å². The van der Waals surface area contributed by atoms with Gasteiger partial charge in [-0.15, -0.1) is 12.4 Å². The van der Waals surface area contributed by atoms with Gasteiger partial charge in [0.2, 0.25) is 0 Å². The summed E-state index contributed by atoms with van der Waals surface area (Å²) in [4.78, 5) is 11.7. The highest BCUT2D eigenvalue weighted by atomic mass is 35.5. The van der Waals surface area contributed by atoms with Crippen LogP contribution in [0, 0.1) is 5.41 Å². The molecule has 1 saturated heterocycles. The van der Waals surface area contributed by atoms with E-state index in [-0.39, 0.29) is 23.7 Å². The molecule has 1 aromatic heterocycles. The quantitative estimate of drug-likeness (QED) is 0.867. The van der Waals surface area contributed by atoms with Crippen molar-refractivity contribution in [2.75, 3.05) is 19.6 Å². The highest BCUT2D eigenvalue weighted by molar-refractivity contribution is 6.99. The Morgan fingerprint density at radius 2 is 2.53 bits per heavy atom. The van der Waals surface area contributed by atoms with E-state index in [2.05, 4.69) is 26.3 Å². The summed E-state index contributed by atoms with van der Waals surface area (Å²) >= 11 is 1.06. The molecular weight excluding hydrogens is 260 g/mol. The summed E-state index contributed by atoms with van der Waals surface area (Å²) in [6, 6.07) is 0. The predicted molar refractivity (Wildman–Crippen MR) is 69.7 cm³/mol. The van der Waals surface area contributed by atoms with Crippen molar-refractivity contribution in [2.45, 2.75) is 19.8 Å². The number of piperidine rings is 1. The van der Waals surface area contributed by atoms with Crippen molar-refractivity contribution in [3.8, 4) is 0 Å². The molecule has 0 bridgehead atoms. The van der Waals surface area contributed by atoms with E-state index in [9.17, 15) is 4.79 Å². The summed E-state index contributed by atoms with van der Waals surface area (Å²) in [6.45, 7) is 4.93. The van der Waals surface area contributed by atoms with Crippen molar-refractivity contribution in [3.05, 3.63) is 11.9 Å². The zero-order valence-corrected chi connectivity index (χ0v) is 11.4. The van der Waals surface area contributed by atoms with Crippen molar-refractivity contribution < 1.29 is 4.79 Å². The normalized spacial score (nSPS) is 23.8. The lowest BCUT2D eigenvalue weighted by Crippen LogP contribution is -2.45. The van der Waals surface area contributed by atoms with Crippen molar-refractivity contribution in [2.24, 2.45) is 5.41 Å². The summed E-state index contributed by atoms with van der Waals surface area (Å²) < 4.78 is 7.72. The van der Waals surface area contributed by atoms with Crippen molar-refractivity contribution >= 4 is 30.0 Å². The molecule has 17 heavy (non-hydrogen) atoms. The van der Waals surface area contributed by atoms with Crippen LogP contribution >= 0.6 is 24.1 Å². The van der Waals surface area contributed by atoms with Crippen molar-refractivity contribution in [3.63, 3.8) is 0 Å². The monoisotopic (exact) mass is 276 g/mol. The Kier molecular flexibility index (Phi) is 5.30. The first kappa shape index (κ1) is 14.3. The second-order valence-electron chi connectivity index (χ2n) is 4.57. The van der Waals surface area contributed by atoms with Crippen LogP contribution in [-0.2, 0) is 0 Å². The first-order chi connectivity index (χ1) is 7.70. The fourth-order valence-corrected chi connectivity index (χ4v) is 2.33. The molecule has 7 heteroatoms. The smallest absolute Gasteiger partial charge is 0.272 e. The molecule has 0 saturated carbocycles. The van der Waals surface area contributed by atoms with E-state index >= 15 is 0 Å². The lowest BCUT2D eigenvalue weighted by atomic mass is 9.83. The Morgan fingerprint density at radius 3 is 3.12 bits per heavy atom. The topological polar surface area (TPSA) is 66.9 Å². The number of hydrogen-bond acceptors (Lipinski definition) is 5. The molecule has 0 spiro atoms. The van der Waals surface area contributed by atoms with E-state index < -0.39 is 0 Å². The summed E-state index contributed by atoms with van der Waals surface area (Å²) in [5, 5.41) is 6.28. The zero-order valence-electron chi connectivity index (χ0n) is 9.73. The van der Waals surface area contributed by atoms with Gasteiger partial charge in [-0.05, 0) is 24.8 Å². The van der Waals surface area contributed by atoms with Gasteiger partial charge in [0.05, 0.1) is 17.9 Å². The third-order valence-corrected chi connectivity index (χ3v) is 3.43. The molecule has 96 valence electrons. The first-order valence-electron chi connectivity index (χ1n) is 5.46. The van der Waals surface area contributed by atoms with Gasteiger partial charge >= 0.3 is 0 Å². The lowest BCUT2D eigenvalue weighted by molar-refractivity contribution is 0.0920. The molecule has 1 aliphatic heterocycles. The Morgan fingerprint density at radius 1 is 1.71 bits per heavy atom. The number of carbonyl (C=O) groups excluding carboxylic acids is 1. The number of carbonyl (C=O) groups is 1. The Bertz CT molecular complexity index is 351. The Labute approximate surface area is 111 Å². The molecule has 0 aromatic carbocycles. The molecule has 1 atom stereocenters. The van der Waals surface area contributed by atoms with Crippen LogP contribution in [0.3, 0.4) is 0 Å². The van der Waals surface area contributed by atoms with E-state index in [4.69, 9.17) is 0 Å². The van der Waals surface area contributed by atoms with Gasteiger partial charge in [-0.2, -0.15) is 8.75 Å². The SMILES string of the molecule is CC1(CNC(=O)c2cnsn2)CCCNC1.Cl. The van der Waals surface area contributed by atoms with E-state index in [1.807, 2.05) is 0 Å². The van der Waals surface area contributed by atoms with E-state index in [1.165, 1.54) is 12.6 Å². The van der Waals surface area contributed by atoms with Crippen LogP contribution in [0.25, 0.3) is 0 Å². The third-order valence-electron chi connectivity index (χ3n) is 2.96. The van der Waals surface area contributed by atoms with Gasteiger partial charge < -0.3 is 10.6 Å². The highest BCUT2D eigenvalue weighted by Gasteiger charge is 2.27. The number of rotatable bonds is 3. The van der Waals surface area contributed by atoms with Crippen LogP contribution < -0.4 is 10.6 Å². The Balaban J connectivity index is 0.00000144. The molecule has 0 aliphatic carbocycles. The second kappa shape index (κ2) is 6.28. The average Bonchev–Trinajstić information content (AvgIpc) is 2.80. The number of nitrogens with zero attached hydrogens (tertiary/aromatic N) is 2. The van der Waals surface area contributed by atoms with E-state index in [0.717, 1.165) is 31.2 Å². The Hall–Kier alpha value is -0.720. The first-order valence-corrected chi connectivity index (χ1v) is 6.19. The molecule has 2 heterocycles. The van der Waals surface area contributed by atoms with Gasteiger partial charge in [0.1, 0.15) is 0 Å². The van der Waals surface area contributed by atoms with Gasteiger partial charge in [-0.25, -0.2) is 0 Å². The van der Waals surface area contributed by atoms with Gasteiger partial charge in [0.25, 0.3) is 5.91 Å². The standard InChI is InChI=1S/C10H16N4OS.ClH/c1-10(3-2-4-11-6-10)7-12-9(15)8-5-13-16-14-8;/h5,11H,2-4,6-7H2,1H3,(H,12,15);1H. The number of amides is 1. The molecule has 1 amide bonds. The fraction of sp³-hybridized carbons (Fsp3) is 0.700. The summed E-state index contributed by atoms with van der Waals surface area (Å²) in [7, 11) is 0. The summed E-state index contributed by atoms with van der Waals surface area (Å²) in [5.74, 6) is -0.124. The average molecular weight is 277 g/mol. The second-order valence-corrected chi connectivity index (χ2v) is 5.12. The van der Waals surface area contributed by atoms with E-state index in [1.54, 1.807) is 0 Å². The minimum absolute atomic E-state index is 0. The maximum absolute atomic E-state index is 11.7. The molecular formula is C10H17ClN4OS.